The van der Waals surface area contributed by atoms with Gasteiger partial charge in [-0.1, -0.05) is 50.1 Å². The quantitative estimate of drug-likeness (QED) is 0.374. The van der Waals surface area contributed by atoms with Gasteiger partial charge in [0.25, 0.3) is 0 Å². The second-order valence-corrected chi connectivity index (χ2v) is 8.31. The van der Waals surface area contributed by atoms with Gasteiger partial charge in [0.15, 0.2) is 15.6 Å². The normalized spacial score (nSPS) is 22.1. The van der Waals surface area contributed by atoms with Gasteiger partial charge < -0.3 is 9.47 Å². The molecule has 0 saturated carbocycles. The predicted molar refractivity (Wildman–Crippen MR) is 100 cm³/mol. The van der Waals surface area contributed by atoms with Crippen molar-refractivity contribution in [3.8, 4) is 0 Å². The minimum atomic E-state index is -3.77. The van der Waals surface area contributed by atoms with Gasteiger partial charge in [0.1, 0.15) is 12.0 Å². The van der Waals surface area contributed by atoms with Crippen molar-refractivity contribution in [1.29, 1.82) is 0 Å². The lowest BCUT2D eigenvalue weighted by Gasteiger charge is -2.27. The molecule has 0 heterocycles. The molecule has 0 fully saturated rings. The number of benzene rings is 1. The first-order chi connectivity index (χ1) is 12.5. The third kappa shape index (κ3) is 4.90. The van der Waals surface area contributed by atoms with E-state index in [0.29, 0.717) is 12.0 Å². The number of carbonyl (C=O) groups excluding carboxylic acids is 1. The van der Waals surface area contributed by atoms with Crippen molar-refractivity contribution in [2.24, 2.45) is 5.92 Å². The van der Waals surface area contributed by atoms with Crippen molar-refractivity contribution in [2.45, 2.75) is 36.3 Å². The van der Waals surface area contributed by atoms with Crippen molar-refractivity contribution >= 4 is 15.6 Å². The van der Waals surface area contributed by atoms with Gasteiger partial charge in [0.2, 0.25) is 0 Å². The molecule has 0 amide bonds. The van der Waals surface area contributed by atoms with Crippen LogP contribution in [0.5, 0.6) is 0 Å². The molecule has 2 rings (SSSR count). The van der Waals surface area contributed by atoms with Gasteiger partial charge in [-0.3, -0.25) is 4.79 Å². The summed E-state index contributed by atoms with van der Waals surface area (Å²) in [5, 5.41) is -1.09. The number of hydrogen-bond donors (Lipinski definition) is 0. The first-order valence-electron chi connectivity index (χ1n) is 8.80. The van der Waals surface area contributed by atoms with Crippen molar-refractivity contribution in [3.05, 3.63) is 54.1 Å². The zero-order valence-electron chi connectivity index (χ0n) is 15.3. The number of Topliss-reactive ketones (excluding diaryl/α,β-unsaturated/α-hetero) is 1. The van der Waals surface area contributed by atoms with Crippen LogP contribution in [0.2, 0.25) is 0 Å². The molecule has 0 spiro atoms. The van der Waals surface area contributed by atoms with E-state index in [2.05, 4.69) is 0 Å². The Morgan fingerprint density at radius 2 is 1.92 bits per heavy atom. The Bertz CT molecular complexity index is 750. The van der Waals surface area contributed by atoms with Gasteiger partial charge in [-0.25, -0.2) is 8.42 Å². The summed E-state index contributed by atoms with van der Waals surface area (Å²) in [6, 6.07) is 8.19. The van der Waals surface area contributed by atoms with Crippen molar-refractivity contribution in [1.82, 2.24) is 0 Å². The molecular formula is C20H26O5S. The summed E-state index contributed by atoms with van der Waals surface area (Å²) in [4.78, 5) is 13.2. The van der Waals surface area contributed by atoms with E-state index in [1.54, 1.807) is 42.5 Å². The number of unbranched alkanes of at least 4 members (excludes halogenated alkanes) is 1. The number of sulfone groups is 1. The highest BCUT2D eigenvalue weighted by molar-refractivity contribution is 7.92. The summed E-state index contributed by atoms with van der Waals surface area (Å²) in [7, 11) is -2.25. The monoisotopic (exact) mass is 378 g/mol. The molecule has 0 radical (unpaired) electrons. The Labute approximate surface area is 155 Å². The van der Waals surface area contributed by atoms with Crippen LogP contribution >= 0.6 is 0 Å². The number of hydrogen-bond acceptors (Lipinski definition) is 5. The van der Waals surface area contributed by atoms with E-state index in [4.69, 9.17) is 9.47 Å². The van der Waals surface area contributed by atoms with E-state index < -0.39 is 15.1 Å². The standard InChI is InChI=1S/C20H26O5S/c1-3-4-8-17-12-11-16(13-14-25-15-24-2)19(21)20(17)26(22,23)18-9-6-5-7-10-18/h5-7,9-13,17,20H,3-4,8,14-15H2,1-2H3/b16-13+/t17-,20+/m1/s1. The summed E-state index contributed by atoms with van der Waals surface area (Å²) in [6.45, 7) is 2.36. The molecule has 0 unspecified atom stereocenters. The molecule has 1 aliphatic rings. The third-order valence-electron chi connectivity index (χ3n) is 4.37. The maximum absolute atomic E-state index is 13.2. The number of carbonyl (C=O) groups is 1. The Morgan fingerprint density at radius 3 is 2.58 bits per heavy atom. The summed E-state index contributed by atoms with van der Waals surface area (Å²) in [6.07, 6.45) is 7.67. The zero-order chi connectivity index (χ0) is 19.0. The van der Waals surface area contributed by atoms with Gasteiger partial charge in [-0.05, 0) is 24.6 Å². The van der Waals surface area contributed by atoms with E-state index in [9.17, 15) is 13.2 Å². The fourth-order valence-corrected chi connectivity index (χ4v) is 4.97. The summed E-state index contributed by atoms with van der Waals surface area (Å²) < 4.78 is 36.3. The predicted octanol–water partition coefficient (Wildman–Crippen LogP) is 3.32. The average Bonchev–Trinajstić information content (AvgIpc) is 2.65. The Balaban J connectivity index is 2.34. The Hall–Kier alpha value is -1.76. The maximum atomic E-state index is 13.2. The molecule has 0 aliphatic heterocycles. The molecule has 0 bridgehead atoms. The number of ether oxygens (including phenoxy) is 2. The SMILES string of the molecule is CCCC[C@@H]1C=C/C(=C\COCOC)C(=O)[C@H]1S(=O)(=O)c1ccccc1. The summed E-state index contributed by atoms with van der Waals surface area (Å²) in [5.74, 6) is -0.678. The summed E-state index contributed by atoms with van der Waals surface area (Å²) >= 11 is 0. The van der Waals surface area contributed by atoms with Crippen LogP contribution < -0.4 is 0 Å². The highest BCUT2D eigenvalue weighted by Crippen LogP contribution is 2.32. The molecule has 1 aliphatic carbocycles. The van der Waals surface area contributed by atoms with E-state index in [-0.39, 0.29) is 30.0 Å². The van der Waals surface area contributed by atoms with Gasteiger partial charge in [-0.2, -0.15) is 0 Å². The van der Waals surface area contributed by atoms with Crippen molar-refractivity contribution in [3.63, 3.8) is 0 Å². The van der Waals surface area contributed by atoms with Crippen LogP contribution in [-0.4, -0.2) is 40.0 Å². The van der Waals surface area contributed by atoms with Crippen LogP contribution in [0.1, 0.15) is 26.2 Å². The first kappa shape index (κ1) is 20.6. The molecule has 2 atom stereocenters. The van der Waals surface area contributed by atoms with Crippen LogP contribution in [-0.2, 0) is 24.1 Å². The second-order valence-electron chi connectivity index (χ2n) is 6.24. The Morgan fingerprint density at radius 1 is 1.19 bits per heavy atom. The van der Waals surface area contributed by atoms with E-state index >= 15 is 0 Å². The zero-order valence-corrected chi connectivity index (χ0v) is 16.1. The molecule has 1 aromatic rings. The molecular weight excluding hydrogens is 352 g/mol. The highest BCUT2D eigenvalue weighted by atomic mass is 32.2. The number of methoxy groups -OCH3 is 1. The first-order valence-corrected chi connectivity index (χ1v) is 10.3. The van der Waals surface area contributed by atoms with Gasteiger partial charge in [-0.15, -0.1) is 0 Å². The van der Waals surface area contributed by atoms with E-state index in [1.807, 2.05) is 13.0 Å². The fourth-order valence-electron chi connectivity index (χ4n) is 3.03. The lowest BCUT2D eigenvalue weighted by atomic mass is 9.87. The van der Waals surface area contributed by atoms with Gasteiger partial charge >= 0.3 is 0 Å². The summed E-state index contributed by atoms with van der Waals surface area (Å²) in [5.41, 5.74) is 0.373. The van der Waals surface area contributed by atoms with Gasteiger partial charge in [0.05, 0.1) is 11.5 Å². The van der Waals surface area contributed by atoms with Crippen LogP contribution in [0.4, 0.5) is 0 Å². The molecule has 26 heavy (non-hydrogen) atoms. The minimum absolute atomic E-state index is 0.118. The fraction of sp³-hybridized carbons (Fsp3) is 0.450. The molecule has 6 heteroatoms. The second kappa shape index (κ2) is 9.80. The lowest BCUT2D eigenvalue weighted by Crippen LogP contribution is -2.39. The van der Waals surface area contributed by atoms with E-state index in [0.717, 1.165) is 12.8 Å². The number of rotatable bonds is 9. The van der Waals surface area contributed by atoms with Crippen LogP contribution in [0.25, 0.3) is 0 Å². The average molecular weight is 378 g/mol. The topological polar surface area (TPSA) is 69.7 Å². The maximum Gasteiger partial charge on any atom is 0.189 e. The van der Waals surface area contributed by atoms with Crippen molar-refractivity contribution < 1.29 is 22.7 Å². The van der Waals surface area contributed by atoms with Crippen LogP contribution in [0.15, 0.2) is 59.0 Å². The Kier molecular flexibility index (Phi) is 7.75. The van der Waals surface area contributed by atoms with Crippen LogP contribution in [0, 0.1) is 5.92 Å². The largest absolute Gasteiger partial charge is 0.359 e. The minimum Gasteiger partial charge on any atom is -0.359 e. The molecule has 0 N–H and O–H groups in total. The van der Waals surface area contributed by atoms with Crippen molar-refractivity contribution in [2.75, 3.05) is 20.5 Å². The van der Waals surface area contributed by atoms with Gasteiger partial charge in [0, 0.05) is 18.6 Å². The molecule has 5 nitrogen and oxygen atoms in total. The third-order valence-corrected chi connectivity index (χ3v) is 6.54. The lowest BCUT2D eigenvalue weighted by molar-refractivity contribution is -0.115. The molecule has 142 valence electrons. The molecule has 0 saturated heterocycles. The smallest absolute Gasteiger partial charge is 0.189 e. The van der Waals surface area contributed by atoms with Crippen LogP contribution in [0.3, 0.4) is 0 Å². The molecule has 0 aromatic heterocycles. The highest BCUT2D eigenvalue weighted by Gasteiger charge is 2.41. The van der Waals surface area contributed by atoms with E-state index in [1.165, 1.54) is 7.11 Å². The molecule has 1 aromatic carbocycles. The number of allylic oxidation sites excluding steroid dienone is 3. The number of ketones is 1.